The molecule has 10 heavy (non-hydrogen) atoms. The molecule has 0 spiro atoms. The van der Waals surface area contributed by atoms with Crippen LogP contribution in [0.25, 0.3) is 0 Å². The van der Waals surface area contributed by atoms with Crippen LogP contribution in [-0.4, -0.2) is 0 Å². The van der Waals surface area contributed by atoms with E-state index in [4.69, 9.17) is 0 Å². The molecule has 0 aliphatic carbocycles. The third-order valence-corrected chi connectivity index (χ3v) is 1.23. The predicted molar refractivity (Wildman–Crippen MR) is 43.6 cm³/mol. The molecule has 0 atom stereocenters. The van der Waals surface area contributed by atoms with E-state index >= 15 is 0 Å². The van der Waals surface area contributed by atoms with Crippen molar-refractivity contribution in [2.45, 2.75) is 41.0 Å². The highest BCUT2D eigenvalue weighted by molar-refractivity contribution is 5.03. The van der Waals surface area contributed by atoms with Crippen LogP contribution in [-0.2, 0) is 0 Å². The van der Waals surface area contributed by atoms with E-state index in [-0.39, 0.29) is 11.2 Å². The van der Waals surface area contributed by atoms with E-state index in [1.165, 1.54) is 0 Å². The molecule has 0 aliphatic rings. The Morgan fingerprint density at radius 1 is 1.20 bits per heavy atom. The van der Waals surface area contributed by atoms with Crippen molar-refractivity contribution in [3.05, 3.63) is 11.4 Å². The Morgan fingerprint density at radius 3 is 1.70 bits per heavy atom. The summed E-state index contributed by atoms with van der Waals surface area (Å²) in [5.74, 6) is 0.0347. The summed E-state index contributed by atoms with van der Waals surface area (Å²) in [5, 5.41) is 0. The fourth-order valence-corrected chi connectivity index (χ4v) is 0.642. The molecule has 1 heteroatoms. The fourth-order valence-electron chi connectivity index (χ4n) is 0.642. The third-order valence-electron chi connectivity index (χ3n) is 1.23. The Balaban J connectivity index is 4.06. The van der Waals surface area contributed by atoms with Gasteiger partial charge in [-0.05, 0) is 24.8 Å². The molecule has 0 rings (SSSR count). The van der Waals surface area contributed by atoms with Gasteiger partial charge in [0.1, 0.15) is 0 Å². The van der Waals surface area contributed by atoms with E-state index in [0.29, 0.717) is 6.42 Å². The van der Waals surface area contributed by atoms with Crippen molar-refractivity contribution >= 4 is 0 Å². The van der Waals surface area contributed by atoms with E-state index in [1.54, 1.807) is 13.8 Å². The van der Waals surface area contributed by atoms with Gasteiger partial charge in [-0.3, -0.25) is 0 Å². The monoisotopic (exact) mass is 144 g/mol. The molecule has 0 radical (unpaired) electrons. The summed E-state index contributed by atoms with van der Waals surface area (Å²) in [7, 11) is 0. The minimum atomic E-state index is 0.0347. The quantitative estimate of drug-likeness (QED) is 0.526. The van der Waals surface area contributed by atoms with Gasteiger partial charge >= 0.3 is 0 Å². The van der Waals surface area contributed by atoms with Crippen molar-refractivity contribution in [1.29, 1.82) is 0 Å². The van der Waals surface area contributed by atoms with Crippen LogP contribution in [0.2, 0.25) is 0 Å². The molecule has 0 bridgehead atoms. The van der Waals surface area contributed by atoms with Crippen molar-refractivity contribution in [2.24, 2.45) is 5.41 Å². The van der Waals surface area contributed by atoms with Gasteiger partial charge in [0.05, 0.1) is 5.83 Å². The van der Waals surface area contributed by atoms with E-state index in [2.05, 4.69) is 0 Å². The second-order valence-electron chi connectivity index (χ2n) is 4.14. The first kappa shape index (κ1) is 9.67. The summed E-state index contributed by atoms with van der Waals surface area (Å²) in [4.78, 5) is 0. The zero-order valence-electron chi connectivity index (χ0n) is 7.59. The maximum Gasteiger partial charge on any atom is 0.0991 e. The number of halogens is 1. The summed E-state index contributed by atoms with van der Waals surface area (Å²) in [6.45, 7) is 9.72. The SMILES string of the molecule is CC(C)=C(F)CC(C)(C)C. The molecule has 0 heterocycles. The largest absolute Gasteiger partial charge is 0.212 e. The van der Waals surface area contributed by atoms with Crippen LogP contribution in [0, 0.1) is 5.41 Å². The van der Waals surface area contributed by atoms with Gasteiger partial charge < -0.3 is 0 Å². The first-order valence-corrected chi connectivity index (χ1v) is 3.65. The van der Waals surface area contributed by atoms with Gasteiger partial charge in [-0.15, -0.1) is 0 Å². The zero-order valence-corrected chi connectivity index (χ0v) is 7.59. The number of hydrogen-bond donors (Lipinski definition) is 0. The highest BCUT2D eigenvalue weighted by Gasteiger charge is 2.13. The van der Waals surface area contributed by atoms with Gasteiger partial charge in [0.25, 0.3) is 0 Å². The molecule has 0 aliphatic heterocycles. The maximum atomic E-state index is 12.9. The second kappa shape index (κ2) is 3.18. The molecule has 0 amide bonds. The number of hydrogen-bond acceptors (Lipinski definition) is 0. The Morgan fingerprint density at radius 2 is 1.60 bits per heavy atom. The first-order chi connectivity index (χ1) is 4.33. The average molecular weight is 144 g/mol. The molecular weight excluding hydrogens is 127 g/mol. The molecule has 0 saturated carbocycles. The van der Waals surface area contributed by atoms with Gasteiger partial charge in [-0.25, -0.2) is 4.39 Å². The lowest BCUT2D eigenvalue weighted by atomic mass is 9.91. The lowest BCUT2D eigenvalue weighted by molar-refractivity contribution is 0.366. The van der Waals surface area contributed by atoms with Gasteiger partial charge in [0.2, 0.25) is 0 Å². The molecule has 60 valence electrons. The third kappa shape index (κ3) is 4.54. The highest BCUT2D eigenvalue weighted by atomic mass is 19.1. The van der Waals surface area contributed by atoms with Crippen LogP contribution >= 0.6 is 0 Å². The Kier molecular flexibility index (Phi) is 3.07. The van der Waals surface area contributed by atoms with Crippen molar-refractivity contribution < 1.29 is 4.39 Å². The molecule has 0 nitrogen and oxygen atoms in total. The average Bonchev–Trinajstić information content (AvgIpc) is 1.60. The highest BCUT2D eigenvalue weighted by Crippen LogP contribution is 2.26. The van der Waals surface area contributed by atoms with Crippen LogP contribution in [0.5, 0.6) is 0 Å². The zero-order chi connectivity index (χ0) is 8.36. The smallest absolute Gasteiger partial charge is 0.0991 e. The van der Waals surface area contributed by atoms with Crippen LogP contribution < -0.4 is 0 Å². The van der Waals surface area contributed by atoms with Crippen LogP contribution in [0.1, 0.15) is 41.0 Å². The van der Waals surface area contributed by atoms with Crippen molar-refractivity contribution in [3.63, 3.8) is 0 Å². The Hall–Kier alpha value is -0.330. The van der Waals surface area contributed by atoms with Gasteiger partial charge in [0, 0.05) is 6.42 Å². The molecule has 0 aromatic rings. The molecular formula is C9H17F. The molecule has 0 fully saturated rings. The fraction of sp³-hybridized carbons (Fsp3) is 0.778. The van der Waals surface area contributed by atoms with E-state index < -0.39 is 0 Å². The van der Waals surface area contributed by atoms with Crippen LogP contribution in [0.15, 0.2) is 11.4 Å². The van der Waals surface area contributed by atoms with E-state index in [0.717, 1.165) is 5.57 Å². The van der Waals surface area contributed by atoms with E-state index in [9.17, 15) is 4.39 Å². The topological polar surface area (TPSA) is 0 Å². The van der Waals surface area contributed by atoms with Crippen LogP contribution in [0.4, 0.5) is 4.39 Å². The number of rotatable bonds is 1. The molecule has 0 N–H and O–H groups in total. The van der Waals surface area contributed by atoms with Crippen molar-refractivity contribution in [1.82, 2.24) is 0 Å². The van der Waals surface area contributed by atoms with Gasteiger partial charge in [-0.1, -0.05) is 20.8 Å². The second-order valence-corrected chi connectivity index (χ2v) is 4.14. The molecule has 0 aromatic heterocycles. The van der Waals surface area contributed by atoms with Crippen molar-refractivity contribution in [2.75, 3.05) is 0 Å². The first-order valence-electron chi connectivity index (χ1n) is 3.65. The standard InChI is InChI=1S/C9H17F/c1-7(2)8(10)6-9(3,4)5/h6H2,1-5H3. The summed E-state index contributed by atoms with van der Waals surface area (Å²) < 4.78 is 12.9. The predicted octanol–water partition coefficient (Wildman–Crippen LogP) is 3.69. The molecule has 0 aromatic carbocycles. The van der Waals surface area contributed by atoms with Crippen LogP contribution in [0.3, 0.4) is 0 Å². The normalized spacial score (nSPS) is 11.4. The maximum absolute atomic E-state index is 12.9. The lowest BCUT2D eigenvalue weighted by Gasteiger charge is -2.16. The summed E-state index contributed by atoms with van der Waals surface area (Å²) in [6, 6.07) is 0. The summed E-state index contributed by atoms with van der Waals surface area (Å²) in [5.41, 5.74) is 0.872. The lowest BCUT2D eigenvalue weighted by Crippen LogP contribution is -2.04. The Labute approximate surface area is 63.1 Å². The summed E-state index contributed by atoms with van der Waals surface area (Å²) >= 11 is 0. The molecule has 0 saturated heterocycles. The minimum Gasteiger partial charge on any atom is -0.212 e. The number of allylic oxidation sites excluding steroid dienone is 2. The van der Waals surface area contributed by atoms with Gasteiger partial charge in [0.15, 0.2) is 0 Å². The van der Waals surface area contributed by atoms with E-state index in [1.807, 2.05) is 20.8 Å². The van der Waals surface area contributed by atoms with Gasteiger partial charge in [-0.2, -0.15) is 0 Å². The Bertz CT molecular complexity index is 133. The molecule has 0 unspecified atom stereocenters. The summed E-state index contributed by atoms with van der Waals surface area (Å²) in [6.07, 6.45) is 0.551. The van der Waals surface area contributed by atoms with Crippen molar-refractivity contribution in [3.8, 4) is 0 Å². The minimum absolute atomic E-state index is 0.0347.